The molecule has 6 heteroatoms. The van der Waals surface area contributed by atoms with Crippen molar-refractivity contribution in [2.45, 2.75) is 39.3 Å². The summed E-state index contributed by atoms with van der Waals surface area (Å²) in [6.07, 6.45) is -0.786. The fraction of sp³-hybridized carbons (Fsp3) is 0.538. The first-order valence-corrected chi connectivity index (χ1v) is 6.91. The molecule has 1 atom stereocenters. The Morgan fingerprint density at radius 3 is 2.47 bits per heavy atom. The van der Waals surface area contributed by atoms with Crippen LogP contribution in [0.2, 0.25) is 0 Å². The minimum Gasteiger partial charge on any atom is -0.386 e. The summed E-state index contributed by atoms with van der Waals surface area (Å²) in [7, 11) is 0. The van der Waals surface area contributed by atoms with E-state index in [1.165, 1.54) is 11.3 Å². The fourth-order valence-electron chi connectivity index (χ4n) is 1.49. The van der Waals surface area contributed by atoms with Gasteiger partial charge in [0.15, 0.2) is 0 Å². The summed E-state index contributed by atoms with van der Waals surface area (Å²) < 4.78 is 0. The van der Waals surface area contributed by atoms with Gasteiger partial charge in [0.05, 0.1) is 0 Å². The van der Waals surface area contributed by atoms with Gasteiger partial charge in [0.25, 0.3) is 0 Å². The highest BCUT2D eigenvalue weighted by atomic mass is 32.1. The number of aliphatic hydroxyl groups is 1. The summed E-state index contributed by atoms with van der Waals surface area (Å²) in [4.78, 5) is 23.9. The van der Waals surface area contributed by atoms with Crippen LogP contribution < -0.4 is 10.6 Å². The number of aryl methyl sites for hydroxylation is 1. The van der Waals surface area contributed by atoms with Crippen molar-refractivity contribution in [3.05, 3.63) is 21.9 Å². The van der Waals surface area contributed by atoms with Crippen molar-refractivity contribution in [3.63, 3.8) is 0 Å². The van der Waals surface area contributed by atoms with E-state index in [9.17, 15) is 14.7 Å². The zero-order valence-electron chi connectivity index (χ0n) is 11.6. The van der Waals surface area contributed by atoms with Crippen molar-refractivity contribution in [2.75, 3.05) is 6.54 Å². The maximum atomic E-state index is 11.5. The van der Waals surface area contributed by atoms with Crippen LogP contribution in [-0.4, -0.2) is 29.0 Å². The standard InChI is InChI=1S/C13H20N2O3S/c1-8-5-6-19-10(8)9(16)7-14-11(17)12(18)15-13(2,3)4/h5-6,9,16H,7H2,1-4H3,(H,14,17)(H,15,18). The van der Waals surface area contributed by atoms with Crippen LogP contribution in [0.1, 0.15) is 37.3 Å². The molecule has 0 aliphatic carbocycles. The van der Waals surface area contributed by atoms with Crippen molar-refractivity contribution < 1.29 is 14.7 Å². The SMILES string of the molecule is Cc1ccsc1C(O)CNC(=O)C(=O)NC(C)(C)C. The largest absolute Gasteiger partial charge is 0.386 e. The Kier molecular flexibility index (Phi) is 5.08. The van der Waals surface area contributed by atoms with Gasteiger partial charge in [-0.3, -0.25) is 9.59 Å². The third kappa shape index (κ3) is 5.00. The van der Waals surface area contributed by atoms with Crippen molar-refractivity contribution >= 4 is 23.2 Å². The van der Waals surface area contributed by atoms with Crippen molar-refractivity contribution in [1.82, 2.24) is 10.6 Å². The van der Waals surface area contributed by atoms with E-state index in [-0.39, 0.29) is 6.54 Å². The number of thiophene rings is 1. The summed E-state index contributed by atoms with van der Waals surface area (Å²) in [5.74, 6) is -1.43. The van der Waals surface area contributed by atoms with Gasteiger partial charge in [0.1, 0.15) is 6.10 Å². The smallest absolute Gasteiger partial charge is 0.309 e. The molecule has 0 aromatic carbocycles. The van der Waals surface area contributed by atoms with Gasteiger partial charge in [0, 0.05) is 17.0 Å². The van der Waals surface area contributed by atoms with Gasteiger partial charge >= 0.3 is 11.8 Å². The van der Waals surface area contributed by atoms with Crippen molar-refractivity contribution in [3.8, 4) is 0 Å². The van der Waals surface area contributed by atoms with Gasteiger partial charge in [-0.2, -0.15) is 0 Å². The lowest BCUT2D eigenvalue weighted by molar-refractivity contribution is -0.140. The molecule has 1 aromatic heterocycles. The van der Waals surface area contributed by atoms with E-state index in [0.717, 1.165) is 10.4 Å². The van der Waals surface area contributed by atoms with Crippen molar-refractivity contribution in [2.24, 2.45) is 0 Å². The lowest BCUT2D eigenvalue weighted by Gasteiger charge is -2.20. The molecule has 0 aliphatic heterocycles. The molecule has 19 heavy (non-hydrogen) atoms. The third-order valence-corrected chi connectivity index (χ3v) is 3.48. The monoisotopic (exact) mass is 284 g/mol. The second-order valence-corrected chi connectivity index (χ2v) is 6.35. The minimum absolute atomic E-state index is 0.0255. The first kappa shape index (κ1) is 15.7. The lowest BCUT2D eigenvalue weighted by Crippen LogP contribution is -2.48. The predicted molar refractivity (Wildman–Crippen MR) is 74.9 cm³/mol. The molecule has 5 nitrogen and oxygen atoms in total. The van der Waals surface area contributed by atoms with Crippen LogP contribution in [0.4, 0.5) is 0 Å². The lowest BCUT2D eigenvalue weighted by atomic mass is 10.1. The highest BCUT2D eigenvalue weighted by Crippen LogP contribution is 2.22. The summed E-state index contributed by atoms with van der Waals surface area (Å²) in [6, 6.07) is 1.90. The maximum Gasteiger partial charge on any atom is 0.309 e. The molecule has 1 heterocycles. The van der Waals surface area contributed by atoms with Crippen LogP contribution in [0.25, 0.3) is 0 Å². The molecule has 0 saturated heterocycles. The van der Waals surface area contributed by atoms with Crippen LogP contribution in [0.5, 0.6) is 0 Å². The van der Waals surface area contributed by atoms with Crippen LogP contribution in [0.3, 0.4) is 0 Å². The summed E-state index contributed by atoms with van der Waals surface area (Å²) in [5, 5.41) is 16.8. The fourth-order valence-corrected chi connectivity index (χ4v) is 2.40. The Hall–Kier alpha value is -1.40. The summed E-state index contributed by atoms with van der Waals surface area (Å²) >= 11 is 1.43. The quantitative estimate of drug-likeness (QED) is 0.728. The van der Waals surface area contributed by atoms with E-state index in [2.05, 4.69) is 10.6 Å². The van der Waals surface area contributed by atoms with Crippen molar-refractivity contribution in [1.29, 1.82) is 0 Å². The average Bonchev–Trinajstić information content (AvgIpc) is 2.69. The van der Waals surface area contributed by atoms with Crippen LogP contribution >= 0.6 is 11.3 Å². The normalized spacial score (nSPS) is 12.9. The number of aliphatic hydroxyl groups excluding tert-OH is 1. The van der Waals surface area contributed by atoms with E-state index in [1.54, 1.807) is 20.8 Å². The Morgan fingerprint density at radius 2 is 2.00 bits per heavy atom. The number of rotatable bonds is 3. The highest BCUT2D eigenvalue weighted by molar-refractivity contribution is 7.10. The summed E-state index contributed by atoms with van der Waals surface area (Å²) in [5.41, 5.74) is 0.517. The molecule has 0 saturated carbocycles. The van der Waals surface area contributed by atoms with Gasteiger partial charge in [-0.05, 0) is 44.7 Å². The molecule has 1 rings (SSSR count). The van der Waals surface area contributed by atoms with Crippen LogP contribution in [0, 0.1) is 6.92 Å². The molecule has 3 N–H and O–H groups in total. The Balaban J connectivity index is 2.47. The highest BCUT2D eigenvalue weighted by Gasteiger charge is 2.21. The first-order valence-electron chi connectivity index (χ1n) is 6.03. The van der Waals surface area contributed by atoms with E-state index < -0.39 is 23.5 Å². The maximum absolute atomic E-state index is 11.5. The van der Waals surface area contributed by atoms with E-state index in [1.807, 2.05) is 18.4 Å². The first-order chi connectivity index (χ1) is 8.70. The van der Waals surface area contributed by atoms with Gasteiger partial charge in [-0.15, -0.1) is 11.3 Å². The Labute approximate surface area is 117 Å². The number of hydrogen-bond donors (Lipinski definition) is 3. The second kappa shape index (κ2) is 6.16. The molecule has 1 unspecified atom stereocenters. The molecular formula is C13H20N2O3S. The number of carbonyl (C=O) groups is 2. The molecule has 1 aromatic rings. The molecule has 0 radical (unpaired) electrons. The Morgan fingerprint density at radius 1 is 1.37 bits per heavy atom. The molecule has 0 fully saturated rings. The van der Waals surface area contributed by atoms with Gasteiger partial charge in [-0.25, -0.2) is 0 Å². The number of nitrogens with one attached hydrogen (secondary N) is 2. The zero-order valence-corrected chi connectivity index (χ0v) is 12.4. The zero-order chi connectivity index (χ0) is 14.6. The summed E-state index contributed by atoms with van der Waals surface area (Å²) in [6.45, 7) is 7.30. The van der Waals surface area contributed by atoms with Gasteiger partial charge in [0.2, 0.25) is 0 Å². The topological polar surface area (TPSA) is 78.4 Å². The van der Waals surface area contributed by atoms with Gasteiger partial charge in [-0.1, -0.05) is 0 Å². The molecule has 106 valence electrons. The van der Waals surface area contributed by atoms with Gasteiger partial charge < -0.3 is 15.7 Å². The molecule has 2 amide bonds. The van der Waals surface area contributed by atoms with Crippen LogP contribution in [-0.2, 0) is 9.59 Å². The predicted octanol–water partition coefficient (Wildman–Crippen LogP) is 1.12. The second-order valence-electron chi connectivity index (χ2n) is 5.40. The Bertz CT molecular complexity index is 463. The van der Waals surface area contributed by atoms with E-state index in [0.29, 0.717) is 0 Å². The number of hydrogen-bond acceptors (Lipinski definition) is 4. The van der Waals surface area contributed by atoms with E-state index in [4.69, 9.17) is 0 Å². The van der Waals surface area contributed by atoms with E-state index >= 15 is 0 Å². The number of amides is 2. The molecule has 0 aliphatic rings. The average molecular weight is 284 g/mol. The minimum atomic E-state index is -0.786. The van der Waals surface area contributed by atoms with Crippen LogP contribution in [0.15, 0.2) is 11.4 Å². The molecule has 0 bridgehead atoms. The molecule has 0 spiro atoms. The molecular weight excluding hydrogens is 264 g/mol. The third-order valence-electron chi connectivity index (χ3n) is 2.36. The number of carbonyl (C=O) groups excluding carboxylic acids is 2.